The van der Waals surface area contributed by atoms with Crippen molar-refractivity contribution in [2.75, 3.05) is 0 Å². The molecule has 7 heteroatoms. The van der Waals surface area contributed by atoms with E-state index in [0.717, 1.165) is 25.5 Å². The minimum absolute atomic E-state index is 0.237. The molecule has 3 aromatic heterocycles. The molecule has 4 nitrogen and oxygen atoms in total. The summed E-state index contributed by atoms with van der Waals surface area (Å²) in [4.78, 5) is 10.4. The summed E-state index contributed by atoms with van der Waals surface area (Å²) < 4.78 is 15.5. The summed E-state index contributed by atoms with van der Waals surface area (Å²) >= 11 is 3.00. The molecule has 0 saturated heterocycles. The van der Waals surface area contributed by atoms with Gasteiger partial charge in [0.15, 0.2) is 4.34 Å². The van der Waals surface area contributed by atoms with Gasteiger partial charge in [-0.15, -0.1) is 5.10 Å². The van der Waals surface area contributed by atoms with Crippen LogP contribution in [0.15, 0.2) is 64.2 Å². The molecule has 4 aromatic rings. The van der Waals surface area contributed by atoms with Crippen molar-refractivity contribution >= 4 is 28.1 Å². The first-order valence-corrected chi connectivity index (χ1v) is 8.11. The molecule has 0 spiro atoms. The molecule has 108 valence electrons. The normalized spacial score (nSPS) is 11.1. The van der Waals surface area contributed by atoms with Crippen molar-refractivity contribution in [1.82, 2.24) is 19.6 Å². The minimum Gasteiger partial charge on any atom is -0.264 e. The van der Waals surface area contributed by atoms with Crippen LogP contribution < -0.4 is 0 Å². The number of nitrogens with zero attached hydrogens (tertiary/aromatic N) is 4. The van der Waals surface area contributed by atoms with E-state index in [-0.39, 0.29) is 5.82 Å². The Labute approximate surface area is 133 Å². The van der Waals surface area contributed by atoms with E-state index in [0.29, 0.717) is 0 Å². The Balaban J connectivity index is 1.62. The van der Waals surface area contributed by atoms with E-state index in [1.54, 1.807) is 29.0 Å². The number of rotatable bonds is 3. The maximum absolute atomic E-state index is 12.9. The number of pyridine rings is 1. The van der Waals surface area contributed by atoms with Crippen molar-refractivity contribution < 1.29 is 4.39 Å². The van der Waals surface area contributed by atoms with Crippen molar-refractivity contribution in [3.05, 3.63) is 60.8 Å². The van der Waals surface area contributed by atoms with Crippen LogP contribution in [0.3, 0.4) is 0 Å². The predicted octanol–water partition coefficient (Wildman–Crippen LogP) is 4.14. The second kappa shape index (κ2) is 5.51. The van der Waals surface area contributed by atoms with Crippen molar-refractivity contribution in [2.24, 2.45) is 0 Å². The van der Waals surface area contributed by atoms with Gasteiger partial charge >= 0.3 is 0 Å². The van der Waals surface area contributed by atoms with Gasteiger partial charge in [0, 0.05) is 22.9 Å². The molecule has 4 rings (SSSR count). The first-order chi connectivity index (χ1) is 10.8. The average Bonchev–Trinajstić information content (AvgIpc) is 3.09. The fraction of sp³-hybridized carbons (Fsp3) is 0. The van der Waals surface area contributed by atoms with Gasteiger partial charge in [0.2, 0.25) is 4.96 Å². The molecule has 0 saturated carbocycles. The van der Waals surface area contributed by atoms with Gasteiger partial charge in [-0.3, -0.25) is 4.98 Å². The van der Waals surface area contributed by atoms with Gasteiger partial charge in [-0.05, 0) is 36.4 Å². The summed E-state index contributed by atoms with van der Waals surface area (Å²) in [6.07, 6.45) is 5.40. The van der Waals surface area contributed by atoms with E-state index in [9.17, 15) is 4.39 Å². The first kappa shape index (κ1) is 13.4. The third kappa shape index (κ3) is 2.60. The zero-order valence-corrected chi connectivity index (χ0v) is 12.8. The standard InChI is InChI=1S/C15H9FN4S2/c16-11-3-5-12(6-4-11)21-15-19-20-9-13(18-14(20)22-15)10-2-1-7-17-8-10/h1-9H. The monoisotopic (exact) mass is 328 g/mol. The molecule has 3 heterocycles. The average molecular weight is 328 g/mol. The van der Waals surface area contributed by atoms with E-state index in [1.165, 1.54) is 35.2 Å². The highest BCUT2D eigenvalue weighted by Gasteiger charge is 2.10. The molecule has 0 atom stereocenters. The third-order valence-corrected chi connectivity index (χ3v) is 4.98. The van der Waals surface area contributed by atoms with Gasteiger partial charge in [-0.2, -0.15) is 0 Å². The maximum atomic E-state index is 12.9. The van der Waals surface area contributed by atoms with E-state index < -0.39 is 0 Å². The largest absolute Gasteiger partial charge is 0.264 e. The predicted molar refractivity (Wildman–Crippen MR) is 84.6 cm³/mol. The topological polar surface area (TPSA) is 43.1 Å². The lowest BCUT2D eigenvalue weighted by molar-refractivity contribution is 0.626. The van der Waals surface area contributed by atoms with Crippen LogP contribution in [0.4, 0.5) is 4.39 Å². The molecule has 0 bridgehead atoms. The zero-order chi connectivity index (χ0) is 14.9. The summed E-state index contributed by atoms with van der Waals surface area (Å²) in [7, 11) is 0. The SMILES string of the molecule is Fc1ccc(Sc2nn3cc(-c4cccnc4)nc3s2)cc1. The molecular weight excluding hydrogens is 319 g/mol. The van der Waals surface area contributed by atoms with Crippen molar-refractivity contribution in [1.29, 1.82) is 0 Å². The lowest BCUT2D eigenvalue weighted by Crippen LogP contribution is -1.81. The van der Waals surface area contributed by atoms with Gasteiger partial charge in [0.25, 0.3) is 0 Å². The zero-order valence-electron chi connectivity index (χ0n) is 11.2. The molecule has 0 aliphatic carbocycles. The summed E-state index contributed by atoms with van der Waals surface area (Å²) in [5.41, 5.74) is 1.82. The Hall–Kier alpha value is -2.25. The second-order valence-corrected chi connectivity index (χ2v) is 6.80. The Morgan fingerprint density at radius 1 is 1.14 bits per heavy atom. The fourth-order valence-electron chi connectivity index (χ4n) is 1.98. The lowest BCUT2D eigenvalue weighted by Gasteiger charge is -1.96. The number of halogens is 1. The molecule has 0 unspecified atom stereocenters. The second-order valence-electron chi connectivity index (χ2n) is 4.52. The summed E-state index contributed by atoms with van der Waals surface area (Å²) in [5, 5.41) is 4.50. The van der Waals surface area contributed by atoms with Crippen molar-refractivity contribution in [2.45, 2.75) is 9.24 Å². The number of imidazole rings is 1. The molecule has 0 aliphatic rings. The molecule has 0 fully saturated rings. The summed E-state index contributed by atoms with van der Waals surface area (Å²) in [6, 6.07) is 10.2. The number of fused-ring (bicyclic) bond motifs is 1. The number of hydrogen-bond donors (Lipinski definition) is 0. The Morgan fingerprint density at radius 2 is 2.00 bits per heavy atom. The lowest BCUT2D eigenvalue weighted by atomic mass is 10.2. The van der Waals surface area contributed by atoms with E-state index in [4.69, 9.17) is 0 Å². The van der Waals surface area contributed by atoms with Crippen LogP contribution in [0.25, 0.3) is 16.2 Å². The number of hydrogen-bond acceptors (Lipinski definition) is 5. The Bertz CT molecular complexity index is 884. The summed E-state index contributed by atoms with van der Waals surface area (Å²) in [6.45, 7) is 0. The van der Waals surface area contributed by atoms with Gasteiger partial charge in [0.05, 0.1) is 11.9 Å². The molecular formula is C15H9FN4S2. The van der Waals surface area contributed by atoms with E-state index in [1.807, 2.05) is 18.3 Å². The van der Waals surface area contributed by atoms with Crippen molar-refractivity contribution in [3.8, 4) is 11.3 Å². The third-order valence-electron chi connectivity index (χ3n) is 3.00. The van der Waals surface area contributed by atoms with Gasteiger partial charge in [-0.1, -0.05) is 23.1 Å². The van der Waals surface area contributed by atoms with Gasteiger partial charge < -0.3 is 0 Å². The number of benzene rings is 1. The Morgan fingerprint density at radius 3 is 2.73 bits per heavy atom. The van der Waals surface area contributed by atoms with Crippen LogP contribution in [-0.4, -0.2) is 19.6 Å². The van der Waals surface area contributed by atoms with Gasteiger partial charge in [0.1, 0.15) is 5.82 Å². The molecule has 1 aromatic carbocycles. The highest BCUT2D eigenvalue weighted by Crippen LogP contribution is 2.32. The fourth-order valence-corrected chi connectivity index (χ4v) is 3.88. The molecule has 0 amide bonds. The summed E-state index contributed by atoms with van der Waals surface area (Å²) in [5.74, 6) is -0.237. The number of aromatic nitrogens is 4. The van der Waals surface area contributed by atoms with Crippen LogP contribution in [0.2, 0.25) is 0 Å². The van der Waals surface area contributed by atoms with Crippen LogP contribution in [0.1, 0.15) is 0 Å². The molecule has 0 radical (unpaired) electrons. The highest BCUT2D eigenvalue weighted by molar-refractivity contribution is 8.01. The quantitative estimate of drug-likeness (QED) is 0.567. The smallest absolute Gasteiger partial charge is 0.213 e. The first-order valence-electron chi connectivity index (χ1n) is 6.48. The van der Waals surface area contributed by atoms with Crippen LogP contribution >= 0.6 is 23.1 Å². The van der Waals surface area contributed by atoms with Crippen LogP contribution in [0, 0.1) is 5.82 Å². The molecule has 22 heavy (non-hydrogen) atoms. The van der Waals surface area contributed by atoms with E-state index >= 15 is 0 Å². The minimum atomic E-state index is -0.237. The van der Waals surface area contributed by atoms with E-state index in [2.05, 4.69) is 15.1 Å². The molecule has 0 aliphatic heterocycles. The molecule has 0 N–H and O–H groups in total. The maximum Gasteiger partial charge on any atom is 0.213 e. The van der Waals surface area contributed by atoms with Crippen LogP contribution in [0.5, 0.6) is 0 Å². The van der Waals surface area contributed by atoms with Gasteiger partial charge in [-0.25, -0.2) is 13.9 Å². The van der Waals surface area contributed by atoms with Crippen molar-refractivity contribution in [3.63, 3.8) is 0 Å². The van der Waals surface area contributed by atoms with Crippen LogP contribution in [-0.2, 0) is 0 Å². The highest BCUT2D eigenvalue weighted by atomic mass is 32.2. The Kier molecular flexibility index (Phi) is 3.36.